The fourth-order valence-corrected chi connectivity index (χ4v) is 2.71. The Kier molecular flexibility index (Phi) is 4.71. The maximum atomic E-state index is 12.3. The number of rotatable bonds is 5. The zero-order valence-corrected chi connectivity index (χ0v) is 13.9. The number of nitrogens with zero attached hydrogens (tertiary/aromatic N) is 3. The number of nitrogens with one attached hydrogen (secondary N) is 2. The highest BCUT2D eigenvalue weighted by Crippen LogP contribution is 2.17. The number of anilines is 1. The van der Waals surface area contributed by atoms with Gasteiger partial charge in [0.1, 0.15) is 12.2 Å². The van der Waals surface area contributed by atoms with Crippen LogP contribution in [0.2, 0.25) is 0 Å². The predicted octanol–water partition coefficient (Wildman–Crippen LogP) is 1.58. The Balaban J connectivity index is 1.69. The quantitative estimate of drug-likeness (QED) is 0.354. The molecule has 0 atom stereocenters. The summed E-state index contributed by atoms with van der Waals surface area (Å²) >= 11 is 1.21. The minimum Gasteiger partial charge on any atom is -0.303 e. The molecule has 1 saturated heterocycles. The Bertz CT molecular complexity index is 907. The van der Waals surface area contributed by atoms with Gasteiger partial charge in [-0.3, -0.25) is 19.7 Å². The van der Waals surface area contributed by atoms with Gasteiger partial charge < -0.3 is 10.6 Å². The summed E-state index contributed by atoms with van der Waals surface area (Å²) in [6.07, 6.45) is 2.89. The van der Waals surface area contributed by atoms with Crippen LogP contribution in [0.3, 0.4) is 0 Å². The van der Waals surface area contributed by atoms with Crippen molar-refractivity contribution < 1.29 is 19.3 Å². The largest absolute Gasteiger partial charge is 0.329 e. The molecule has 0 saturated carbocycles. The summed E-state index contributed by atoms with van der Waals surface area (Å²) in [5, 5.41) is 17.5. The number of thiazole rings is 1. The van der Waals surface area contributed by atoms with Crippen LogP contribution in [-0.4, -0.2) is 39.2 Å². The van der Waals surface area contributed by atoms with Gasteiger partial charge in [-0.25, -0.2) is 14.7 Å². The van der Waals surface area contributed by atoms with E-state index in [1.54, 1.807) is 5.38 Å². The Morgan fingerprint density at radius 1 is 1.35 bits per heavy atom. The molecule has 1 aromatic carbocycles. The number of imide groups is 1. The molecule has 1 aliphatic heterocycles. The molecular weight excluding hydrogens is 362 g/mol. The monoisotopic (exact) mass is 373 g/mol. The Hall–Kier alpha value is -3.60. The molecule has 0 spiro atoms. The number of hydrogen-bond acceptors (Lipinski definition) is 7. The lowest BCUT2D eigenvalue weighted by Crippen LogP contribution is -2.38. The van der Waals surface area contributed by atoms with Gasteiger partial charge in [-0.05, 0) is 23.8 Å². The van der Waals surface area contributed by atoms with E-state index in [1.807, 2.05) is 0 Å². The summed E-state index contributed by atoms with van der Waals surface area (Å²) in [4.78, 5) is 50.9. The molecule has 0 unspecified atom stereocenters. The number of benzene rings is 1. The lowest BCUT2D eigenvalue weighted by atomic mass is 10.1. The summed E-state index contributed by atoms with van der Waals surface area (Å²) in [6, 6.07) is 4.74. The number of amides is 4. The third kappa shape index (κ3) is 3.72. The van der Waals surface area contributed by atoms with E-state index in [1.165, 1.54) is 47.9 Å². The van der Waals surface area contributed by atoms with E-state index in [2.05, 4.69) is 15.6 Å². The molecule has 2 heterocycles. The molecule has 10 nitrogen and oxygen atoms in total. The third-order valence-electron chi connectivity index (χ3n) is 3.36. The highest BCUT2D eigenvalue weighted by atomic mass is 32.1. The molecule has 0 aliphatic carbocycles. The second kappa shape index (κ2) is 7.11. The second-order valence-corrected chi connectivity index (χ2v) is 6.01. The summed E-state index contributed by atoms with van der Waals surface area (Å²) in [7, 11) is 0. The van der Waals surface area contributed by atoms with E-state index in [-0.39, 0.29) is 11.4 Å². The first-order chi connectivity index (χ1) is 12.4. The van der Waals surface area contributed by atoms with Crippen LogP contribution in [0.4, 0.5) is 15.6 Å². The van der Waals surface area contributed by atoms with Crippen LogP contribution in [0, 0.1) is 10.1 Å². The van der Waals surface area contributed by atoms with Crippen molar-refractivity contribution in [3.8, 4) is 0 Å². The van der Waals surface area contributed by atoms with Crippen molar-refractivity contribution >= 4 is 46.1 Å². The van der Waals surface area contributed by atoms with Crippen molar-refractivity contribution in [3.05, 3.63) is 57.2 Å². The van der Waals surface area contributed by atoms with Gasteiger partial charge in [0.05, 0.1) is 4.92 Å². The zero-order chi connectivity index (χ0) is 18.7. The molecule has 0 bridgehead atoms. The third-order valence-corrected chi connectivity index (χ3v) is 4.05. The Morgan fingerprint density at radius 2 is 2.08 bits per heavy atom. The van der Waals surface area contributed by atoms with Gasteiger partial charge in [-0.1, -0.05) is 0 Å². The number of carbonyl (C=O) groups excluding carboxylic acids is 3. The normalized spacial score (nSPS) is 15.2. The molecule has 26 heavy (non-hydrogen) atoms. The molecule has 1 aliphatic rings. The summed E-state index contributed by atoms with van der Waals surface area (Å²) in [5.41, 5.74) is 0.383. The fourth-order valence-electron chi connectivity index (χ4n) is 2.16. The maximum absolute atomic E-state index is 12.3. The number of aromatic nitrogens is 1. The highest BCUT2D eigenvalue weighted by Gasteiger charge is 2.35. The molecule has 0 radical (unpaired) electrons. The molecule has 3 rings (SSSR count). The van der Waals surface area contributed by atoms with Crippen molar-refractivity contribution in [1.82, 2.24) is 15.2 Å². The van der Waals surface area contributed by atoms with E-state index in [0.717, 1.165) is 4.90 Å². The van der Waals surface area contributed by atoms with Crippen molar-refractivity contribution in [3.63, 3.8) is 0 Å². The smallest absolute Gasteiger partial charge is 0.303 e. The minimum absolute atomic E-state index is 0.0223. The van der Waals surface area contributed by atoms with Gasteiger partial charge in [-0.2, -0.15) is 0 Å². The lowest BCUT2D eigenvalue weighted by Gasteiger charge is -2.10. The van der Waals surface area contributed by atoms with Crippen LogP contribution in [-0.2, 0) is 9.59 Å². The van der Waals surface area contributed by atoms with Gasteiger partial charge in [0.15, 0.2) is 5.13 Å². The zero-order valence-electron chi connectivity index (χ0n) is 13.0. The van der Waals surface area contributed by atoms with E-state index in [4.69, 9.17) is 0 Å². The lowest BCUT2D eigenvalue weighted by molar-refractivity contribution is -0.384. The van der Waals surface area contributed by atoms with Gasteiger partial charge in [0.25, 0.3) is 11.6 Å². The number of non-ortho nitro benzene ring substituents is 1. The number of hydrogen-bond donors (Lipinski definition) is 2. The second-order valence-electron chi connectivity index (χ2n) is 5.11. The highest BCUT2D eigenvalue weighted by molar-refractivity contribution is 7.13. The average Bonchev–Trinajstić information content (AvgIpc) is 3.19. The number of carbonyl (C=O) groups is 3. The first-order valence-electron chi connectivity index (χ1n) is 7.22. The molecule has 1 fully saturated rings. The number of nitro benzene ring substituents is 1. The van der Waals surface area contributed by atoms with Crippen LogP contribution in [0.5, 0.6) is 0 Å². The van der Waals surface area contributed by atoms with E-state index < -0.39 is 29.3 Å². The topological polar surface area (TPSA) is 135 Å². The van der Waals surface area contributed by atoms with Crippen molar-refractivity contribution in [1.29, 1.82) is 0 Å². The van der Waals surface area contributed by atoms with Crippen molar-refractivity contribution in [2.24, 2.45) is 0 Å². The van der Waals surface area contributed by atoms with Crippen LogP contribution < -0.4 is 10.6 Å². The molecule has 11 heteroatoms. The summed E-state index contributed by atoms with van der Waals surface area (Å²) < 4.78 is 0. The first-order valence-corrected chi connectivity index (χ1v) is 8.10. The van der Waals surface area contributed by atoms with Crippen molar-refractivity contribution in [2.75, 3.05) is 11.9 Å². The minimum atomic E-state index is -0.725. The van der Waals surface area contributed by atoms with Gasteiger partial charge in [-0.15, -0.1) is 11.3 Å². The van der Waals surface area contributed by atoms with E-state index in [9.17, 15) is 24.5 Å². The van der Waals surface area contributed by atoms with Gasteiger partial charge >= 0.3 is 6.03 Å². The molecule has 2 N–H and O–H groups in total. The Labute approximate surface area is 150 Å². The predicted molar refractivity (Wildman–Crippen MR) is 92.1 cm³/mol. The van der Waals surface area contributed by atoms with Crippen LogP contribution in [0.15, 0.2) is 41.5 Å². The maximum Gasteiger partial charge on any atom is 0.329 e. The number of nitro groups is 1. The SMILES string of the molecule is O=C(CN1C(=O)N/C(=C\c2ccc([N+](=O)[O-])cc2)C1=O)Nc1nccs1. The van der Waals surface area contributed by atoms with E-state index in [0.29, 0.717) is 10.7 Å². The summed E-state index contributed by atoms with van der Waals surface area (Å²) in [6.45, 7) is -0.456. The molecule has 1 aromatic heterocycles. The Morgan fingerprint density at radius 3 is 2.69 bits per heavy atom. The molecular formula is C15H11N5O5S. The van der Waals surface area contributed by atoms with Gasteiger partial charge in [0.2, 0.25) is 5.91 Å². The van der Waals surface area contributed by atoms with Crippen molar-refractivity contribution in [2.45, 2.75) is 0 Å². The van der Waals surface area contributed by atoms with E-state index >= 15 is 0 Å². The number of urea groups is 1. The van der Waals surface area contributed by atoms with Crippen LogP contribution in [0.25, 0.3) is 6.08 Å². The fraction of sp³-hybridized carbons (Fsp3) is 0.0667. The molecule has 132 valence electrons. The van der Waals surface area contributed by atoms with Crippen LogP contribution >= 0.6 is 11.3 Å². The molecule has 4 amide bonds. The summed E-state index contributed by atoms with van der Waals surface area (Å²) in [5.74, 6) is -1.22. The standard InChI is InChI=1S/C15H11N5O5S/c21-12(18-14-16-5-6-26-14)8-19-13(22)11(17-15(19)23)7-9-1-3-10(4-2-9)20(24)25/h1-7H,8H2,(H,17,23)(H,16,18,21)/b11-7-. The van der Waals surface area contributed by atoms with Crippen LogP contribution in [0.1, 0.15) is 5.56 Å². The molecule has 2 aromatic rings. The van der Waals surface area contributed by atoms with Gasteiger partial charge in [0, 0.05) is 23.7 Å². The average molecular weight is 373 g/mol. The first kappa shape index (κ1) is 17.2.